The molecule has 1 N–H and O–H groups in total. The lowest BCUT2D eigenvalue weighted by atomic mass is 9.94. The fourth-order valence-corrected chi connectivity index (χ4v) is 4.61. The van der Waals surface area contributed by atoms with Crippen molar-refractivity contribution in [2.24, 2.45) is 5.92 Å². The highest BCUT2D eigenvalue weighted by atomic mass is 32.2. The summed E-state index contributed by atoms with van der Waals surface area (Å²) in [4.78, 5) is 0. The van der Waals surface area contributed by atoms with Crippen LogP contribution in [0.25, 0.3) is 0 Å². The van der Waals surface area contributed by atoms with Crippen molar-refractivity contribution in [2.45, 2.75) is 43.4 Å². The topological polar surface area (TPSA) is 12.0 Å². The van der Waals surface area contributed by atoms with Gasteiger partial charge in [0.15, 0.2) is 0 Å². The van der Waals surface area contributed by atoms with E-state index in [2.05, 4.69) is 35.1 Å². The smallest absolute Gasteiger partial charge is 0.00679 e. The minimum atomic E-state index is 0.832. The third-order valence-corrected chi connectivity index (χ3v) is 6.10. The first-order valence-electron chi connectivity index (χ1n) is 6.22. The average molecular weight is 245 g/mol. The molecule has 0 aromatic rings. The van der Waals surface area contributed by atoms with Crippen LogP contribution in [0.5, 0.6) is 0 Å². The fourth-order valence-electron chi connectivity index (χ4n) is 2.58. The molecule has 0 aromatic heterocycles. The van der Waals surface area contributed by atoms with E-state index >= 15 is 0 Å². The van der Waals surface area contributed by atoms with Gasteiger partial charge in [-0.25, -0.2) is 0 Å². The standard InChI is InChI=1S/C12H23NS2/c1-14-12-4-2-11(3-5-12)13-8-10-6-7-15-9-10/h10-13H,2-9H2,1H3. The Kier molecular flexibility index (Phi) is 5.18. The SMILES string of the molecule is CSC1CCC(NCC2CCSC2)CC1. The summed E-state index contributed by atoms with van der Waals surface area (Å²) in [5.74, 6) is 3.76. The Balaban J connectivity index is 1.59. The van der Waals surface area contributed by atoms with E-state index in [1.807, 2.05) is 0 Å². The Morgan fingerprint density at radius 3 is 2.60 bits per heavy atom. The summed E-state index contributed by atoms with van der Waals surface area (Å²) in [6.07, 6.45) is 9.37. The number of thioether (sulfide) groups is 2. The van der Waals surface area contributed by atoms with Crippen LogP contribution in [0.1, 0.15) is 32.1 Å². The zero-order chi connectivity index (χ0) is 10.5. The third kappa shape index (κ3) is 3.86. The lowest BCUT2D eigenvalue weighted by Crippen LogP contribution is -2.36. The lowest BCUT2D eigenvalue weighted by Gasteiger charge is -2.29. The van der Waals surface area contributed by atoms with Gasteiger partial charge in [-0.05, 0) is 62.3 Å². The van der Waals surface area contributed by atoms with Crippen molar-refractivity contribution in [1.82, 2.24) is 5.32 Å². The molecule has 1 aliphatic heterocycles. The molecule has 2 rings (SSSR count). The summed E-state index contributed by atoms with van der Waals surface area (Å²) in [5, 5.41) is 4.73. The highest BCUT2D eigenvalue weighted by molar-refractivity contribution is 7.99. The van der Waals surface area contributed by atoms with Gasteiger partial charge in [-0.2, -0.15) is 23.5 Å². The maximum atomic E-state index is 3.79. The van der Waals surface area contributed by atoms with Gasteiger partial charge < -0.3 is 5.32 Å². The maximum absolute atomic E-state index is 3.79. The summed E-state index contributed by atoms with van der Waals surface area (Å²) in [7, 11) is 0. The van der Waals surface area contributed by atoms with Crippen LogP contribution in [0, 0.1) is 5.92 Å². The summed E-state index contributed by atoms with van der Waals surface area (Å²) < 4.78 is 0. The zero-order valence-corrected chi connectivity index (χ0v) is 11.3. The molecule has 0 bridgehead atoms. The minimum absolute atomic E-state index is 0.832. The second-order valence-corrected chi connectivity index (χ2v) is 7.14. The predicted molar refractivity (Wildman–Crippen MR) is 73.0 cm³/mol. The molecule has 0 spiro atoms. The quantitative estimate of drug-likeness (QED) is 0.818. The molecule has 1 aliphatic carbocycles. The summed E-state index contributed by atoms with van der Waals surface area (Å²) in [6, 6.07) is 0.832. The van der Waals surface area contributed by atoms with Crippen molar-refractivity contribution in [2.75, 3.05) is 24.3 Å². The van der Waals surface area contributed by atoms with Crippen molar-refractivity contribution in [3.05, 3.63) is 0 Å². The van der Waals surface area contributed by atoms with E-state index < -0.39 is 0 Å². The van der Waals surface area contributed by atoms with Crippen LogP contribution in [0.3, 0.4) is 0 Å². The molecule has 1 heterocycles. The van der Waals surface area contributed by atoms with Gasteiger partial charge in [0, 0.05) is 11.3 Å². The molecule has 2 aliphatic rings. The first kappa shape index (κ1) is 12.1. The number of nitrogens with one attached hydrogen (secondary N) is 1. The number of hydrogen-bond acceptors (Lipinski definition) is 3. The molecule has 1 nitrogen and oxygen atoms in total. The molecular weight excluding hydrogens is 222 g/mol. The first-order chi connectivity index (χ1) is 7.38. The van der Waals surface area contributed by atoms with Crippen molar-refractivity contribution in [3.8, 4) is 0 Å². The van der Waals surface area contributed by atoms with Crippen molar-refractivity contribution in [3.63, 3.8) is 0 Å². The Hall–Kier alpha value is 0.660. The molecule has 1 atom stereocenters. The molecule has 1 saturated heterocycles. The molecule has 1 saturated carbocycles. The highest BCUT2D eigenvalue weighted by Gasteiger charge is 2.22. The van der Waals surface area contributed by atoms with Crippen LogP contribution in [-0.4, -0.2) is 35.6 Å². The average Bonchev–Trinajstić information content (AvgIpc) is 2.80. The molecule has 0 amide bonds. The Morgan fingerprint density at radius 1 is 1.20 bits per heavy atom. The van der Waals surface area contributed by atoms with E-state index in [1.54, 1.807) is 0 Å². The number of rotatable bonds is 4. The molecule has 88 valence electrons. The van der Waals surface area contributed by atoms with Crippen LogP contribution in [0.2, 0.25) is 0 Å². The molecule has 0 radical (unpaired) electrons. The van der Waals surface area contributed by atoms with Gasteiger partial charge in [0.05, 0.1) is 0 Å². The van der Waals surface area contributed by atoms with Gasteiger partial charge >= 0.3 is 0 Å². The zero-order valence-electron chi connectivity index (χ0n) is 9.71. The Bertz CT molecular complexity index is 172. The largest absolute Gasteiger partial charge is 0.314 e. The Morgan fingerprint density at radius 2 is 2.00 bits per heavy atom. The maximum Gasteiger partial charge on any atom is 0.00679 e. The van der Waals surface area contributed by atoms with Gasteiger partial charge in [-0.15, -0.1) is 0 Å². The normalized spacial score (nSPS) is 37.0. The predicted octanol–water partition coefficient (Wildman–Crippen LogP) is 3.00. The molecule has 15 heavy (non-hydrogen) atoms. The summed E-state index contributed by atoms with van der Waals surface area (Å²) in [5.41, 5.74) is 0. The molecule has 3 heteroatoms. The van der Waals surface area contributed by atoms with E-state index in [1.165, 1.54) is 50.2 Å². The Labute approximate surface area is 103 Å². The van der Waals surface area contributed by atoms with E-state index in [-0.39, 0.29) is 0 Å². The van der Waals surface area contributed by atoms with Crippen LogP contribution < -0.4 is 5.32 Å². The van der Waals surface area contributed by atoms with E-state index in [4.69, 9.17) is 0 Å². The molecular formula is C12H23NS2. The molecule has 0 aromatic carbocycles. The van der Waals surface area contributed by atoms with Crippen LogP contribution in [0.15, 0.2) is 0 Å². The van der Waals surface area contributed by atoms with Crippen LogP contribution in [0.4, 0.5) is 0 Å². The highest BCUT2D eigenvalue weighted by Crippen LogP contribution is 2.27. The van der Waals surface area contributed by atoms with Crippen molar-refractivity contribution >= 4 is 23.5 Å². The van der Waals surface area contributed by atoms with Gasteiger partial charge in [0.2, 0.25) is 0 Å². The van der Waals surface area contributed by atoms with Gasteiger partial charge in [-0.1, -0.05) is 0 Å². The fraction of sp³-hybridized carbons (Fsp3) is 1.00. The summed E-state index contributed by atoms with van der Waals surface area (Å²) >= 11 is 4.19. The first-order valence-corrected chi connectivity index (χ1v) is 8.66. The van der Waals surface area contributed by atoms with E-state index in [9.17, 15) is 0 Å². The van der Waals surface area contributed by atoms with E-state index in [0.29, 0.717) is 0 Å². The molecule has 1 unspecified atom stereocenters. The van der Waals surface area contributed by atoms with Crippen molar-refractivity contribution < 1.29 is 0 Å². The monoisotopic (exact) mass is 245 g/mol. The van der Waals surface area contributed by atoms with E-state index in [0.717, 1.165) is 17.2 Å². The van der Waals surface area contributed by atoms with Crippen molar-refractivity contribution in [1.29, 1.82) is 0 Å². The second kappa shape index (κ2) is 6.41. The lowest BCUT2D eigenvalue weighted by molar-refractivity contribution is 0.359. The molecule has 2 fully saturated rings. The van der Waals surface area contributed by atoms with Crippen LogP contribution >= 0.6 is 23.5 Å². The third-order valence-electron chi connectivity index (χ3n) is 3.73. The van der Waals surface area contributed by atoms with Gasteiger partial charge in [0.1, 0.15) is 0 Å². The number of hydrogen-bond donors (Lipinski definition) is 1. The van der Waals surface area contributed by atoms with Crippen LogP contribution in [-0.2, 0) is 0 Å². The van der Waals surface area contributed by atoms with Gasteiger partial charge in [-0.3, -0.25) is 0 Å². The minimum Gasteiger partial charge on any atom is -0.314 e. The van der Waals surface area contributed by atoms with Gasteiger partial charge in [0.25, 0.3) is 0 Å². The second-order valence-electron chi connectivity index (χ2n) is 4.85. The summed E-state index contributed by atoms with van der Waals surface area (Å²) in [6.45, 7) is 1.28.